The lowest BCUT2D eigenvalue weighted by Crippen LogP contribution is -2.43. The third kappa shape index (κ3) is 14.0. The molecule has 0 aliphatic heterocycles. The summed E-state index contributed by atoms with van der Waals surface area (Å²) >= 11 is 0. The second kappa shape index (κ2) is 13.9. The average Bonchev–Trinajstić information content (AvgIpc) is 2.53. The summed E-state index contributed by atoms with van der Waals surface area (Å²) in [4.78, 5) is 24.1. The Kier molecular flexibility index (Phi) is 13.2. The van der Waals surface area contributed by atoms with Gasteiger partial charge in [0.25, 0.3) is 0 Å². The topological polar surface area (TPSA) is 64.6 Å². The number of ether oxygens (including phenoxy) is 2. The van der Waals surface area contributed by atoms with Gasteiger partial charge in [0.1, 0.15) is 17.7 Å². The number of carbonyl (C=O) groups is 2. The van der Waals surface area contributed by atoms with E-state index >= 15 is 0 Å². The van der Waals surface area contributed by atoms with Gasteiger partial charge < -0.3 is 14.8 Å². The lowest BCUT2D eigenvalue weighted by Gasteiger charge is -2.23. The van der Waals surface area contributed by atoms with Crippen LogP contribution in [0.25, 0.3) is 0 Å². The minimum absolute atomic E-state index is 0.0564. The van der Waals surface area contributed by atoms with Crippen LogP contribution < -0.4 is 5.32 Å². The van der Waals surface area contributed by atoms with E-state index in [1.165, 1.54) is 38.5 Å². The number of alkyl carbamates (subject to hydrolysis) is 1. The van der Waals surface area contributed by atoms with Crippen molar-refractivity contribution in [2.75, 3.05) is 0 Å². The van der Waals surface area contributed by atoms with E-state index in [0.29, 0.717) is 0 Å². The number of hydrogen-bond acceptors (Lipinski definition) is 4. The number of carbonyl (C=O) groups excluding carboxylic acids is 2. The zero-order valence-electron chi connectivity index (χ0n) is 17.9. The molecule has 5 nitrogen and oxygen atoms in total. The Labute approximate surface area is 160 Å². The second-order valence-electron chi connectivity index (χ2n) is 8.13. The van der Waals surface area contributed by atoms with Crippen LogP contribution in [0, 0.1) is 0 Å². The largest absolute Gasteiger partial charge is 0.461 e. The quantitative estimate of drug-likeness (QED) is 0.330. The first-order valence-electron chi connectivity index (χ1n) is 10.4. The van der Waals surface area contributed by atoms with Crippen molar-refractivity contribution in [3.8, 4) is 0 Å². The maximum absolute atomic E-state index is 12.3. The van der Waals surface area contributed by atoms with Gasteiger partial charge in [-0.05, 0) is 53.4 Å². The molecule has 0 radical (unpaired) electrons. The molecular formula is C21H41NO4. The van der Waals surface area contributed by atoms with Crippen LogP contribution >= 0.6 is 0 Å². The Hall–Kier alpha value is -1.26. The molecule has 0 aromatic rings. The first-order valence-corrected chi connectivity index (χ1v) is 10.4. The summed E-state index contributed by atoms with van der Waals surface area (Å²) in [6.45, 7) is 11.4. The molecule has 0 aromatic carbocycles. The van der Waals surface area contributed by atoms with E-state index in [1.807, 2.05) is 0 Å². The van der Waals surface area contributed by atoms with Gasteiger partial charge in [0.2, 0.25) is 0 Å². The highest BCUT2D eigenvalue weighted by Crippen LogP contribution is 2.16. The first kappa shape index (κ1) is 24.7. The fourth-order valence-electron chi connectivity index (χ4n) is 2.67. The molecule has 1 amide bonds. The highest BCUT2D eigenvalue weighted by atomic mass is 16.6. The van der Waals surface area contributed by atoms with Crippen LogP contribution in [-0.2, 0) is 14.3 Å². The average molecular weight is 372 g/mol. The molecule has 0 aliphatic carbocycles. The standard InChI is InChI=1S/C21H41NO4/c1-7-9-11-13-15-18(16-14-12-10-8-2)25-19(23)17(3)22-20(24)26-21(4,5)6/h17-18H,7-16H2,1-6H3,(H,22,24). The van der Waals surface area contributed by atoms with Crippen LogP contribution in [0.15, 0.2) is 0 Å². The van der Waals surface area contributed by atoms with E-state index in [2.05, 4.69) is 19.2 Å². The van der Waals surface area contributed by atoms with Crippen molar-refractivity contribution in [1.29, 1.82) is 0 Å². The predicted octanol–water partition coefficient (Wildman–Crippen LogP) is 5.75. The Morgan fingerprint density at radius 1 is 0.885 bits per heavy atom. The zero-order valence-corrected chi connectivity index (χ0v) is 17.9. The third-order valence-electron chi connectivity index (χ3n) is 4.13. The van der Waals surface area contributed by atoms with Gasteiger partial charge in [-0.3, -0.25) is 0 Å². The molecule has 0 rings (SSSR count). The van der Waals surface area contributed by atoms with E-state index in [9.17, 15) is 9.59 Å². The fourth-order valence-corrected chi connectivity index (χ4v) is 2.67. The SMILES string of the molecule is CCCCCCC(CCCCCC)OC(=O)C(C)NC(=O)OC(C)(C)C. The lowest BCUT2D eigenvalue weighted by atomic mass is 10.0. The van der Waals surface area contributed by atoms with Gasteiger partial charge in [-0.25, -0.2) is 9.59 Å². The maximum atomic E-state index is 12.3. The molecule has 0 aromatic heterocycles. The predicted molar refractivity (Wildman–Crippen MR) is 106 cm³/mol. The van der Waals surface area contributed by atoms with Gasteiger partial charge in [0.15, 0.2) is 0 Å². The highest BCUT2D eigenvalue weighted by molar-refractivity contribution is 5.81. The number of esters is 1. The van der Waals surface area contributed by atoms with Gasteiger partial charge in [-0.15, -0.1) is 0 Å². The van der Waals surface area contributed by atoms with Crippen molar-refractivity contribution in [2.24, 2.45) is 0 Å². The number of amides is 1. The van der Waals surface area contributed by atoms with Crippen LogP contribution in [0.1, 0.15) is 106 Å². The van der Waals surface area contributed by atoms with Crippen molar-refractivity contribution in [1.82, 2.24) is 5.32 Å². The molecule has 1 unspecified atom stereocenters. The minimum Gasteiger partial charge on any atom is -0.461 e. The van der Waals surface area contributed by atoms with E-state index in [-0.39, 0.29) is 12.1 Å². The maximum Gasteiger partial charge on any atom is 0.408 e. The summed E-state index contributed by atoms with van der Waals surface area (Å²) in [6, 6.07) is -0.710. The van der Waals surface area contributed by atoms with Gasteiger partial charge in [-0.2, -0.15) is 0 Å². The second-order valence-corrected chi connectivity index (χ2v) is 8.13. The summed E-state index contributed by atoms with van der Waals surface area (Å²) in [5.41, 5.74) is -0.588. The van der Waals surface area contributed by atoms with Crippen LogP contribution in [0.4, 0.5) is 4.79 Å². The Balaban J connectivity index is 4.43. The minimum atomic E-state index is -0.710. The molecule has 1 N–H and O–H groups in total. The molecule has 0 fully saturated rings. The van der Waals surface area contributed by atoms with Crippen molar-refractivity contribution in [3.05, 3.63) is 0 Å². The number of hydrogen-bond donors (Lipinski definition) is 1. The monoisotopic (exact) mass is 371 g/mol. The molecule has 5 heteroatoms. The zero-order chi connectivity index (χ0) is 20.0. The summed E-state index contributed by atoms with van der Waals surface area (Å²) in [5.74, 6) is -0.383. The van der Waals surface area contributed by atoms with E-state index in [1.54, 1.807) is 27.7 Å². The molecule has 0 saturated heterocycles. The Morgan fingerprint density at radius 3 is 1.81 bits per heavy atom. The number of rotatable bonds is 13. The van der Waals surface area contributed by atoms with Crippen LogP contribution in [0.3, 0.4) is 0 Å². The van der Waals surface area contributed by atoms with Crippen LogP contribution in [0.5, 0.6) is 0 Å². The molecule has 0 aliphatic rings. The molecule has 0 heterocycles. The Bertz CT molecular complexity index is 378. The summed E-state index contributed by atoms with van der Waals surface area (Å²) in [6.07, 6.45) is 10.5. The van der Waals surface area contributed by atoms with Crippen molar-refractivity contribution in [3.63, 3.8) is 0 Å². The van der Waals surface area contributed by atoms with Gasteiger partial charge in [0.05, 0.1) is 0 Å². The molecule has 154 valence electrons. The van der Waals surface area contributed by atoms with Gasteiger partial charge >= 0.3 is 12.1 Å². The molecule has 26 heavy (non-hydrogen) atoms. The number of nitrogens with one attached hydrogen (secondary N) is 1. The number of unbranched alkanes of at least 4 members (excludes halogenated alkanes) is 6. The van der Waals surface area contributed by atoms with E-state index < -0.39 is 17.7 Å². The van der Waals surface area contributed by atoms with Crippen molar-refractivity contribution in [2.45, 2.75) is 123 Å². The highest BCUT2D eigenvalue weighted by Gasteiger charge is 2.24. The molecular weight excluding hydrogens is 330 g/mol. The normalized spacial score (nSPS) is 12.7. The molecule has 0 bridgehead atoms. The van der Waals surface area contributed by atoms with Gasteiger partial charge in [0, 0.05) is 0 Å². The molecule has 1 atom stereocenters. The Morgan fingerprint density at radius 2 is 1.38 bits per heavy atom. The molecule has 0 spiro atoms. The molecule has 0 saturated carbocycles. The van der Waals surface area contributed by atoms with Gasteiger partial charge in [-0.1, -0.05) is 52.4 Å². The van der Waals surface area contributed by atoms with E-state index in [0.717, 1.165) is 25.7 Å². The smallest absolute Gasteiger partial charge is 0.408 e. The van der Waals surface area contributed by atoms with Crippen LogP contribution in [-0.4, -0.2) is 29.8 Å². The van der Waals surface area contributed by atoms with E-state index in [4.69, 9.17) is 9.47 Å². The lowest BCUT2D eigenvalue weighted by molar-refractivity contribution is -0.152. The first-order chi connectivity index (χ1) is 12.2. The van der Waals surface area contributed by atoms with Crippen LogP contribution in [0.2, 0.25) is 0 Å². The van der Waals surface area contributed by atoms with Crippen molar-refractivity contribution >= 4 is 12.1 Å². The fraction of sp³-hybridized carbons (Fsp3) is 0.905. The summed E-state index contributed by atoms with van der Waals surface area (Å²) < 4.78 is 10.9. The van der Waals surface area contributed by atoms with Crippen molar-refractivity contribution < 1.29 is 19.1 Å². The summed E-state index contributed by atoms with van der Waals surface area (Å²) in [5, 5.41) is 2.56. The summed E-state index contributed by atoms with van der Waals surface area (Å²) in [7, 11) is 0. The third-order valence-corrected chi connectivity index (χ3v) is 4.13.